The molecule has 0 saturated carbocycles. The molecule has 0 aromatic carbocycles. The van der Waals surface area contributed by atoms with Gasteiger partial charge in [-0.15, -0.1) is 24.0 Å². The summed E-state index contributed by atoms with van der Waals surface area (Å²) in [6.45, 7) is 11.8. The molecule has 1 fully saturated rings. The molecule has 1 aliphatic rings. The highest BCUT2D eigenvalue weighted by Crippen LogP contribution is 2.15. The topological polar surface area (TPSA) is 77.0 Å². The first-order valence-corrected chi connectivity index (χ1v) is 11.2. The van der Waals surface area contributed by atoms with Gasteiger partial charge >= 0.3 is 0 Å². The molecule has 26 heavy (non-hydrogen) atoms. The SMILES string of the molecule is CCN(CC)S(=O)(=O)CCNC(=NC)NCCCN1CCC(C)CC1.I. The van der Waals surface area contributed by atoms with E-state index in [1.54, 1.807) is 7.05 Å². The van der Waals surface area contributed by atoms with E-state index >= 15 is 0 Å². The standard InChI is InChI=1S/C17H37N5O2S.HI/c1-5-22(6-2)25(23,24)15-11-20-17(18-4)19-10-7-12-21-13-8-16(3)9-14-21;/h16H,5-15H2,1-4H3,(H2,18,19,20);1H. The van der Waals surface area contributed by atoms with Crippen molar-refractivity contribution in [3.8, 4) is 0 Å². The third-order valence-corrected chi connectivity index (χ3v) is 6.82. The fourth-order valence-electron chi connectivity index (χ4n) is 3.06. The minimum absolute atomic E-state index is 0. The minimum atomic E-state index is -3.19. The largest absolute Gasteiger partial charge is 0.356 e. The van der Waals surface area contributed by atoms with Crippen LogP contribution >= 0.6 is 24.0 Å². The lowest BCUT2D eigenvalue weighted by atomic mass is 9.99. The number of likely N-dealkylation sites (tertiary alicyclic amines) is 1. The summed E-state index contributed by atoms with van der Waals surface area (Å²) in [6.07, 6.45) is 3.67. The highest BCUT2D eigenvalue weighted by atomic mass is 127. The minimum Gasteiger partial charge on any atom is -0.356 e. The fourth-order valence-corrected chi connectivity index (χ4v) is 4.47. The Kier molecular flexibility index (Phi) is 13.9. The predicted octanol–water partition coefficient (Wildman–Crippen LogP) is 1.56. The second-order valence-corrected chi connectivity index (χ2v) is 8.79. The molecular formula is C17H38IN5O2S. The Morgan fingerprint density at radius 3 is 2.27 bits per heavy atom. The molecule has 0 spiro atoms. The molecule has 1 saturated heterocycles. The summed E-state index contributed by atoms with van der Waals surface area (Å²) in [6, 6.07) is 0. The van der Waals surface area contributed by atoms with Crippen molar-refractivity contribution in [3.05, 3.63) is 0 Å². The molecule has 1 rings (SSSR count). The van der Waals surface area contributed by atoms with E-state index in [9.17, 15) is 8.42 Å². The molecule has 2 N–H and O–H groups in total. The normalized spacial score (nSPS) is 17.2. The van der Waals surface area contributed by atoms with Crippen LogP contribution in [0.2, 0.25) is 0 Å². The van der Waals surface area contributed by atoms with Crippen molar-refractivity contribution in [2.24, 2.45) is 10.9 Å². The van der Waals surface area contributed by atoms with Gasteiger partial charge in [-0.1, -0.05) is 20.8 Å². The van der Waals surface area contributed by atoms with Crippen LogP contribution in [0, 0.1) is 5.92 Å². The van der Waals surface area contributed by atoms with E-state index in [-0.39, 0.29) is 29.7 Å². The van der Waals surface area contributed by atoms with Crippen LogP contribution in [-0.2, 0) is 10.0 Å². The van der Waals surface area contributed by atoms with Crippen molar-refractivity contribution in [2.75, 3.05) is 58.6 Å². The first-order chi connectivity index (χ1) is 11.9. The smallest absolute Gasteiger partial charge is 0.215 e. The Morgan fingerprint density at radius 2 is 1.73 bits per heavy atom. The van der Waals surface area contributed by atoms with Gasteiger partial charge in [-0.3, -0.25) is 4.99 Å². The van der Waals surface area contributed by atoms with Gasteiger partial charge < -0.3 is 15.5 Å². The molecule has 1 aliphatic heterocycles. The Hall–Kier alpha value is -0.130. The zero-order valence-corrected chi connectivity index (χ0v) is 20.0. The van der Waals surface area contributed by atoms with E-state index in [0.717, 1.165) is 25.4 Å². The average Bonchev–Trinajstić information content (AvgIpc) is 2.59. The molecule has 0 aliphatic carbocycles. The van der Waals surface area contributed by atoms with E-state index in [1.165, 1.54) is 30.2 Å². The van der Waals surface area contributed by atoms with Gasteiger partial charge in [0.15, 0.2) is 5.96 Å². The Balaban J connectivity index is 0.00000625. The lowest BCUT2D eigenvalue weighted by Crippen LogP contribution is -2.43. The molecule has 7 nitrogen and oxygen atoms in total. The van der Waals surface area contributed by atoms with Crippen LogP contribution in [0.3, 0.4) is 0 Å². The van der Waals surface area contributed by atoms with Gasteiger partial charge in [-0.05, 0) is 44.8 Å². The summed E-state index contributed by atoms with van der Waals surface area (Å²) in [4.78, 5) is 6.68. The van der Waals surface area contributed by atoms with Gasteiger partial charge in [0.25, 0.3) is 0 Å². The third kappa shape index (κ3) is 9.70. The summed E-state index contributed by atoms with van der Waals surface area (Å²) in [5.41, 5.74) is 0. The van der Waals surface area contributed by atoms with Crippen LogP contribution < -0.4 is 10.6 Å². The molecule has 9 heteroatoms. The van der Waals surface area contributed by atoms with Gasteiger partial charge in [-0.2, -0.15) is 0 Å². The van der Waals surface area contributed by atoms with Gasteiger partial charge in [0.2, 0.25) is 10.0 Å². The lowest BCUT2D eigenvalue weighted by molar-refractivity contribution is 0.191. The molecule has 0 radical (unpaired) electrons. The first kappa shape index (κ1) is 25.9. The van der Waals surface area contributed by atoms with Crippen molar-refractivity contribution in [2.45, 2.75) is 40.0 Å². The number of hydrogen-bond donors (Lipinski definition) is 2. The Morgan fingerprint density at radius 1 is 1.15 bits per heavy atom. The fraction of sp³-hybridized carbons (Fsp3) is 0.941. The number of nitrogens with one attached hydrogen (secondary N) is 2. The summed E-state index contributed by atoms with van der Waals surface area (Å²) in [5, 5.41) is 6.36. The van der Waals surface area contributed by atoms with Crippen LogP contribution in [0.4, 0.5) is 0 Å². The number of rotatable bonds is 10. The zero-order chi connectivity index (χ0) is 18.7. The number of hydrogen-bond acceptors (Lipinski definition) is 4. The van der Waals surface area contributed by atoms with Crippen LogP contribution in [0.5, 0.6) is 0 Å². The van der Waals surface area contributed by atoms with E-state index in [4.69, 9.17) is 0 Å². The van der Waals surface area contributed by atoms with Gasteiger partial charge in [0, 0.05) is 33.2 Å². The van der Waals surface area contributed by atoms with Crippen LogP contribution in [0.15, 0.2) is 4.99 Å². The van der Waals surface area contributed by atoms with Crippen LogP contribution in [0.25, 0.3) is 0 Å². The van der Waals surface area contributed by atoms with E-state index in [0.29, 0.717) is 25.6 Å². The molecular weight excluding hydrogens is 465 g/mol. The first-order valence-electron chi connectivity index (χ1n) is 9.57. The lowest BCUT2D eigenvalue weighted by Gasteiger charge is -2.30. The van der Waals surface area contributed by atoms with Crippen molar-refractivity contribution >= 4 is 40.0 Å². The van der Waals surface area contributed by atoms with Crippen molar-refractivity contribution < 1.29 is 8.42 Å². The van der Waals surface area contributed by atoms with Crippen LogP contribution in [-0.4, -0.2) is 82.2 Å². The maximum atomic E-state index is 12.1. The maximum Gasteiger partial charge on any atom is 0.215 e. The van der Waals surface area contributed by atoms with Crippen LogP contribution in [0.1, 0.15) is 40.0 Å². The van der Waals surface area contributed by atoms with Crippen molar-refractivity contribution in [1.29, 1.82) is 0 Å². The summed E-state index contributed by atoms with van der Waals surface area (Å²) < 4.78 is 25.8. The molecule has 156 valence electrons. The Labute approximate surface area is 177 Å². The monoisotopic (exact) mass is 503 g/mol. The molecule has 0 bridgehead atoms. The van der Waals surface area contributed by atoms with Gasteiger partial charge in [-0.25, -0.2) is 12.7 Å². The second-order valence-electron chi connectivity index (χ2n) is 6.70. The zero-order valence-electron chi connectivity index (χ0n) is 16.8. The molecule has 1 heterocycles. The van der Waals surface area contributed by atoms with E-state index < -0.39 is 10.0 Å². The van der Waals surface area contributed by atoms with Gasteiger partial charge in [0.05, 0.1) is 5.75 Å². The number of sulfonamides is 1. The van der Waals surface area contributed by atoms with Gasteiger partial charge in [0.1, 0.15) is 0 Å². The predicted molar refractivity (Wildman–Crippen MR) is 121 cm³/mol. The summed E-state index contributed by atoms with van der Waals surface area (Å²) in [7, 11) is -1.48. The highest BCUT2D eigenvalue weighted by Gasteiger charge is 2.18. The highest BCUT2D eigenvalue weighted by molar-refractivity contribution is 14.0. The summed E-state index contributed by atoms with van der Waals surface area (Å²) in [5.74, 6) is 1.62. The molecule has 0 unspecified atom stereocenters. The maximum absolute atomic E-state index is 12.1. The second kappa shape index (κ2) is 14.0. The molecule has 0 aromatic heterocycles. The van der Waals surface area contributed by atoms with E-state index in [2.05, 4.69) is 27.4 Å². The number of nitrogens with zero attached hydrogens (tertiary/aromatic N) is 3. The number of piperidine rings is 1. The number of halogens is 1. The third-order valence-electron chi connectivity index (χ3n) is 4.79. The number of aliphatic imine (C=N–C) groups is 1. The van der Waals surface area contributed by atoms with Crippen molar-refractivity contribution in [1.82, 2.24) is 19.8 Å². The molecule has 0 amide bonds. The molecule has 0 aromatic rings. The Bertz CT molecular complexity index is 489. The average molecular weight is 503 g/mol. The quantitative estimate of drug-likeness (QED) is 0.205. The number of guanidine groups is 1. The molecule has 0 atom stereocenters. The van der Waals surface area contributed by atoms with E-state index in [1.807, 2.05) is 13.8 Å². The van der Waals surface area contributed by atoms with Crippen molar-refractivity contribution in [3.63, 3.8) is 0 Å². The summed E-state index contributed by atoms with van der Waals surface area (Å²) >= 11 is 0.